The van der Waals surface area contributed by atoms with Gasteiger partial charge < -0.3 is 0 Å². The van der Waals surface area contributed by atoms with Crippen LogP contribution in [0, 0.1) is 29.2 Å². The zero-order valence-electron chi connectivity index (χ0n) is 12.9. The summed E-state index contributed by atoms with van der Waals surface area (Å²) in [5.41, 5.74) is 2.87. The SMILES string of the molecule is Cc1ccc(-c2ccc(-c3ccc(SC#N)cc3)c(F)c2)c(F)c1. The monoisotopic (exact) mass is 337 g/mol. The molecule has 0 heterocycles. The van der Waals surface area contributed by atoms with E-state index in [0.717, 1.165) is 22.2 Å². The maximum absolute atomic E-state index is 14.5. The van der Waals surface area contributed by atoms with Crippen molar-refractivity contribution in [2.45, 2.75) is 11.8 Å². The molecule has 0 radical (unpaired) electrons. The minimum atomic E-state index is -0.409. The number of nitrogens with zero attached hydrogens (tertiary/aromatic N) is 1. The highest BCUT2D eigenvalue weighted by Gasteiger charge is 2.10. The van der Waals surface area contributed by atoms with Crippen LogP contribution in [0.15, 0.2) is 65.6 Å². The molecule has 3 aromatic rings. The molecule has 0 bridgehead atoms. The molecule has 1 nitrogen and oxygen atoms in total. The molecular weight excluding hydrogens is 324 g/mol. The Kier molecular flexibility index (Phi) is 4.64. The summed E-state index contributed by atoms with van der Waals surface area (Å²) in [7, 11) is 0. The molecule has 0 aliphatic heterocycles. The summed E-state index contributed by atoms with van der Waals surface area (Å²) in [5.74, 6) is -0.770. The first kappa shape index (κ1) is 16.2. The Morgan fingerprint density at radius 2 is 1.38 bits per heavy atom. The predicted octanol–water partition coefficient (Wildman–Crippen LogP) is 6.18. The highest BCUT2D eigenvalue weighted by atomic mass is 32.2. The molecule has 118 valence electrons. The van der Waals surface area contributed by atoms with Crippen LogP contribution in [-0.2, 0) is 0 Å². The summed E-state index contributed by atoms with van der Waals surface area (Å²) >= 11 is 1.06. The number of rotatable bonds is 3. The molecule has 0 aliphatic rings. The molecule has 3 rings (SSSR count). The molecule has 0 fully saturated rings. The fourth-order valence-corrected chi connectivity index (χ4v) is 2.90. The summed E-state index contributed by atoms with van der Waals surface area (Å²) in [4.78, 5) is 0.806. The van der Waals surface area contributed by atoms with E-state index in [9.17, 15) is 8.78 Å². The van der Waals surface area contributed by atoms with Crippen molar-refractivity contribution in [3.05, 3.63) is 77.9 Å². The number of thiocyanates is 1. The Balaban J connectivity index is 1.96. The quantitative estimate of drug-likeness (QED) is 0.421. The lowest BCUT2D eigenvalue weighted by Gasteiger charge is -2.09. The predicted molar refractivity (Wildman–Crippen MR) is 93.4 cm³/mol. The van der Waals surface area contributed by atoms with E-state index in [4.69, 9.17) is 5.26 Å². The van der Waals surface area contributed by atoms with Gasteiger partial charge in [-0.2, -0.15) is 5.26 Å². The second-order valence-electron chi connectivity index (χ2n) is 5.40. The van der Waals surface area contributed by atoms with Crippen LogP contribution in [0.25, 0.3) is 22.3 Å². The van der Waals surface area contributed by atoms with Crippen molar-refractivity contribution in [3.8, 4) is 27.7 Å². The van der Waals surface area contributed by atoms with E-state index in [0.29, 0.717) is 22.3 Å². The maximum atomic E-state index is 14.5. The van der Waals surface area contributed by atoms with Gasteiger partial charge in [-0.15, -0.1) is 0 Å². The van der Waals surface area contributed by atoms with E-state index in [1.165, 1.54) is 12.1 Å². The fraction of sp³-hybridized carbons (Fsp3) is 0.0500. The molecular formula is C20H13F2NS. The van der Waals surface area contributed by atoms with Gasteiger partial charge >= 0.3 is 0 Å². The third kappa shape index (κ3) is 3.32. The Labute approximate surface area is 143 Å². The fourth-order valence-electron chi connectivity index (χ4n) is 2.53. The van der Waals surface area contributed by atoms with E-state index in [2.05, 4.69) is 0 Å². The van der Waals surface area contributed by atoms with Gasteiger partial charge in [-0.1, -0.05) is 36.4 Å². The second-order valence-corrected chi connectivity index (χ2v) is 6.25. The summed E-state index contributed by atoms with van der Waals surface area (Å²) in [6, 6.07) is 16.7. The first-order valence-corrected chi connectivity index (χ1v) is 8.12. The largest absolute Gasteiger partial charge is 0.206 e. The molecule has 0 amide bonds. The van der Waals surface area contributed by atoms with Gasteiger partial charge in [0.2, 0.25) is 0 Å². The molecule has 0 N–H and O–H groups in total. The van der Waals surface area contributed by atoms with E-state index < -0.39 is 5.82 Å². The molecule has 0 saturated carbocycles. The highest BCUT2D eigenvalue weighted by molar-refractivity contribution is 8.03. The summed E-state index contributed by atoms with van der Waals surface area (Å²) in [6.45, 7) is 1.81. The summed E-state index contributed by atoms with van der Waals surface area (Å²) < 4.78 is 28.6. The van der Waals surface area contributed by atoms with Gasteiger partial charge in [0, 0.05) is 16.0 Å². The van der Waals surface area contributed by atoms with Crippen molar-refractivity contribution < 1.29 is 8.78 Å². The van der Waals surface area contributed by atoms with Crippen molar-refractivity contribution in [1.82, 2.24) is 0 Å². The summed E-state index contributed by atoms with van der Waals surface area (Å²) in [5, 5.41) is 10.6. The molecule has 0 unspecified atom stereocenters. The van der Waals surface area contributed by atoms with Crippen LogP contribution >= 0.6 is 11.8 Å². The lowest BCUT2D eigenvalue weighted by Crippen LogP contribution is -1.89. The molecule has 0 saturated heterocycles. The van der Waals surface area contributed by atoms with Crippen molar-refractivity contribution in [2.24, 2.45) is 0 Å². The molecule has 0 aromatic heterocycles. The van der Waals surface area contributed by atoms with E-state index in [-0.39, 0.29) is 5.82 Å². The second kappa shape index (κ2) is 6.86. The number of halogens is 2. The van der Waals surface area contributed by atoms with E-state index in [1.807, 2.05) is 12.3 Å². The van der Waals surface area contributed by atoms with Crippen molar-refractivity contribution in [3.63, 3.8) is 0 Å². The normalized spacial score (nSPS) is 10.4. The van der Waals surface area contributed by atoms with Gasteiger partial charge in [-0.05, 0) is 59.6 Å². The lowest BCUT2D eigenvalue weighted by molar-refractivity contribution is 0.626. The first-order valence-electron chi connectivity index (χ1n) is 7.31. The third-order valence-corrected chi connectivity index (χ3v) is 4.33. The van der Waals surface area contributed by atoms with Crippen LogP contribution in [0.3, 0.4) is 0 Å². The average molecular weight is 337 g/mol. The smallest absolute Gasteiger partial charge is 0.138 e. The number of hydrogen-bond acceptors (Lipinski definition) is 2. The molecule has 0 aliphatic carbocycles. The van der Waals surface area contributed by atoms with Crippen molar-refractivity contribution in [2.75, 3.05) is 0 Å². The maximum Gasteiger partial charge on any atom is 0.138 e. The minimum Gasteiger partial charge on any atom is -0.206 e. The number of nitriles is 1. The van der Waals surface area contributed by atoms with Crippen molar-refractivity contribution in [1.29, 1.82) is 5.26 Å². The average Bonchev–Trinajstić information content (AvgIpc) is 2.56. The highest BCUT2D eigenvalue weighted by Crippen LogP contribution is 2.30. The van der Waals surface area contributed by atoms with Crippen LogP contribution in [0.1, 0.15) is 5.56 Å². The van der Waals surface area contributed by atoms with E-state index >= 15 is 0 Å². The van der Waals surface area contributed by atoms with Gasteiger partial charge in [-0.3, -0.25) is 0 Å². The molecule has 0 spiro atoms. The van der Waals surface area contributed by atoms with Gasteiger partial charge in [-0.25, -0.2) is 8.78 Å². The molecule has 3 aromatic carbocycles. The molecule has 4 heteroatoms. The number of thioether (sulfide) groups is 1. The topological polar surface area (TPSA) is 23.8 Å². The molecule has 0 atom stereocenters. The van der Waals surface area contributed by atoms with Crippen molar-refractivity contribution >= 4 is 11.8 Å². The van der Waals surface area contributed by atoms with Crippen LogP contribution in [0.4, 0.5) is 8.78 Å². The Bertz CT molecular complexity index is 927. The Morgan fingerprint density at radius 1 is 0.792 bits per heavy atom. The summed E-state index contributed by atoms with van der Waals surface area (Å²) in [6.07, 6.45) is 0. The Hall–Kier alpha value is -2.64. The number of benzene rings is 3. The van der Waals surface area contributed by atoms with Crippen LogP contribution in [0.2, 0.25) is 0 Å². The molecule has 24 heavy (non-hydrogen) atoms. The number of aryl methyl sites for hydroxylation is 1. The zero-order valence-corrected chi connectivity index (χ0v) is 13.7. The van der Waals surface area contributed by atoms with Crippen LogP contribution in [0.5, 0.6) is 0 Å². The van der Waals surface area contributed by atoms with Gasteiger partial charge in [0.25, 0.3) is 0 Å². The van der Waals surface area contributed by atoms with Crippen LogP contribution < -0.4 is 0 Å². The van der Waals surface area contributed by atoms with E-state index in [1.54, 1.807) is 48.5 Å². The standard InChI is InChI=1S/C20H13F2NS/c1-13-2-8-18(19(21)10-13)15-5-9-17(20(22)11-15)14-3-6-16(7-4-14)24-12-23/h2-11H,1H3. The number of hydrogen-bond donors (Lipinski definition) is 0. The first-order chi connectivity index (χ1) is 11.6. The minimum absolute atomic E-state index is 0.361. The Morgan fingerprint density at radius 3 is 2.00 bits per heavy atom. The van der Waals surface area contributed by atoms with Gasteiger partial charge in [0.15, 0.2) is 0 Å². The van der Waals surface area contributed by atoms with Crippen LogP contribution in [-0.4, -0.2) is 0 Å². The lowest BCUT2D eigenvalue weighted by atomic mass is 9.99. The van der Waals surface area contributed by atoms with Gasteiger partial charge in [0.05, 0.1) is 0 Å². The third-order valence-electron chi connectivity index (χ3n) is 3.73. The zero-order chi connectivity index (χ0) is 17.1. The van der Waals surface area contributed by atoms with Gasteiger partial charge in [0.1, 0.15) is 17.0 Å².